The molecule has 7 nitrogen and oxygen atoms in total. The van der Waals surface area contributed by atoms with Crippen molar-refractivity contribution in [2.45, 2.75) is 25.2 Å². The lowest BCUT2D eigenvalue weighted by molar-refractivity contribution is 0.102. The van der Waals surface area contributed by atoms with Crippen LogP contribution >= 0.6 is 0 Å². The number of aromatic amines is 1. The van der Waals surface area contributed by atoms with Gasteiger partial charge in [0.1, 0.15) is 0 Å². The van der Waals surface area contributed by atoms with E-state index in [0.717, 1.165) is 17.5 Å². The van der Waals surface area contributed by atoms with Crippen molar-refractivity contribution >= 4 is 32.9 Å². The highest BCUT2D eigenvalue weighted by Gasteiger charge is 2.31. The Morgan fingerprint density at radius 3 is 2.38 bits per heavy atom. The number of carbonyl (C=O) groups excluding carboxylic acids is 1. The molecule has 29 heavy (non-hydrogen) atoms. The number of hydrogen-bond donors (Lipinski definition) is 2. The summed E-state index contributed by atoms with van der Waals surface area (Å²) in [6.45, 7) is 5.20. The minimum atomic E-state index is -3.56. The highest BCUT2D eigenvalue weighted by molar-refractivity contribution is 7.89. The molecule has 2 atom stereocenters. The summed E-state index contributed by atoms with van der Waals surface area (Å²) in [6, 6.07) is 13.5. The van der Waals surface area contributed by atoms with E-state index in [9.17, 15) is 13.2 Å². The van der Waals surface area contributed by atoms with Gasteiger partial charge in [-0.1, -0.05) is 26.0 Å². The van der Waals surface area contributed by atoms with Crippen LogP contribution < -0.4 is 5.32 Å². The molecule has 0 radical (unpaired) electrons. The first kappa shape index (κ1) is 19.6. The number of sulfonamides is 1. The number of rotatable bonds is 4. The number of amides is 1. The van der Waals surface area contributed by atoms with Crippen molar-refractivity contribution in [3.8, 4) is 0 Å². The number of H-pyrrole nitrogens is 1. The fraction of sp³-hybridized carbons (Fsp3) is 0.333. The van der Waals surface area contributed by atoms with E-state index < -0.39 is 10.0 Å². The Kier molecular flexibility index (Phi) is 5.14. The van der Waals surface area contributed by atoms with E-state index in [2.05, 4.69) is 29.1 Å². The van der Waals surface area contributed by atoms with Crippen LogP contribution in [0.25, 0.3) is 11.0 Å². The highest BCUT2D eigenvalue weighted by Crippen LogP contribution is 2.27. The lowest BCUT2D eigenvalue weighted by Gasteiger charge is -2.34. The van der Waals surface area contributed by atoms with Crippen LogP contribution in [-0.2, 0) is 10.0 Å². The molecule has 1 aliphatic rings. The van der Waals surface area contributed by atoms with Crippen LogP contribution in [0.5, 0.6) is 0 Å². The zero-order valence-electron chi connectivity index (χ0n) is 16.4. The van der Waals surface area contributed by atoms with Gasteiger partial charge in [0.2, 0.25) is 16.0 Å². The average molecular weight is 413 g/mol. The number of carbonyl (C=O) groups is 1. The molecule has 1 fully saturated rings. The molecule has 1 aromatic heterocycles. The maximum atomic E-state index is 13.0. The van der Waals surface area contributed by atoms with Gasteiger partial charge in [-0.05, 0) is 54.7 Å². The van der Waals surface area contributed by atoms with Crippen LogP contribution in [0, 0.1) is 11.8 Å². The Morgan fingerprint density at radius 1 is 1.07 bits per heavy atom. The first-order valence-electron chi connectivity index (χ1n) is 9.69. The molecule has 2 heterocycles. The van der Waals surface area contributed by atoms with Gasteiger partial charge in [-0.25, -0.2) is 13.4 Å². The average Bonchev–Trinajstić information content (AvgIpc) is 3.09. The topological polar surface area (TPSA) is 95.2 Å². The third-order valence-electron chi connectivity index (χ3n) is 5.21. The van der Waals surface area contributed by atoms with E-state index in [1.807, 2.05) is 24.3 Å². The fourth-order valence-corrected chi connectivity index (χ4v) is 5.60. The summed E-state index contributed by atoms with van der Waals surface area (Å²) in [4.78, 5) is 20.1. The van der Waals surface area contributed by atoms with E-state index in [1.54, 1.807) is 4.31 Å². The molecule has 0 bridgehead atoms. The maximum Gasteiger partial charge on any atom is 0.257 e. The van der Waals surface area contributed by atoms with Crippen molar-refractivity contribution in [1.82, 2.24) is 14.3 Å². The van der Waals surface area contributed by atoms with Gasteiger partial charge in [-0.2, -0.15) is 4.31 Å². The third kappa shape index (κ3) is 4.04. The number of benzene rings is 2. The molecular weight excluding hydrogens is 388 g/mol. The Labute approximate surface area is 170 Å². The molecule has 0 unspecified atom stereocenters. The zero-order valence-corrected chi connectivity index (χ0v) is 17.2. The van der Waals surface area contributed by atoms with Gasteiger partial charge < -0.3 is 4.98 Å². The number of imidazole rings is 1. The van der Waals surface area contributed by atoms with Gasteiger partial charge in [0.25, 0.3) is 5.91 Å². The van der Waals surface area contributed by atoms with E-state index >= 15 is 0 Å². The maximum absolute atomic E-state index is 13.0. The van der Waals surface area contributed by atoms with Crippen LogP contribution in [0.4, 0.5) is 5.95 Å². The second kappa shape index (κ2) is 7.61. The zero-order chi connectivity index (χ0) is 20.6. The number of aromatic nitrogens is 2. The Morgan fingerprint density at radius 2 is 1.72 bits per heavy atom. The van der Waals surface area contributed by atoms with Crippen molar-refractivity contribution < 1.29 is 13.2 Å². The van der Waals surface area contributed by atoms with Gasteiger partial charge >= 0.3 is 0 Å². The van der Waals surface area contributed by atoms with Crippen molar-refractivity contribution in [2.75, 3.05) is 18.4 Å². The molecule has 0 saturated carbocycles. The fourth-order valence-electron chi connectivity index (χ4n) is 3.92. The number of piperidine rings is 1. The summed E-state index contributed by atoms with van der Waals surface area (Å²) >= 11 is 0. The molecule has 0 spiro atoms. The second-order valence-electron chi connectivity index (χ2n) is 7.85. The Hall–Kier alpha value is -2.71. The molecule has 8 heteroatoms. The molecule has 3 aromatic rings. The Balaban J connectivity index is 1.50. The smallest absolute Gasteiger partial charge is 0.257 e. The van der Waals surface area contributed by atoms with Crippen molar-refractivity contribution in [2.24, 2.45) is 11.8 Å². The van der Waals surface area contributed by atoms with Crippen LogP contribution in [0.2, 0.25) is 0 Å². The normalized spacial score (nSPS) is 20.6. The van der Waals surface area contributed by atoms with Crippen molar-refractivity contribution in [1.29, 1.82) is 0 Å². The molecule has 2 N–H and O–H groups in total. The molecular formula is C21H24N4O3S. The molecule has 0 aliphatic carbocycles. The number of para-hydroxylation sites is 2. The van der Waals surface area contributed by atoms with Crippen LogP contribution in [0.3, 0.4) is 0 Å². The third-order valence-corrected chi connectivity index (χ3v) is 7.06. The van der Waals surface area contributed by atoms with E-state index in [0.29, 0.717) is 36.4 Å². The molecule has 1 aliphatic heterocycles. The molecule has 1 saturated heterocycles. The predicted octanol–water partition coefficient (Wildman–Crippen LogP) is 3.48. The largest absolute Gasteiger partial charge is 0.324 e. The molecule has 2 aromatic carbocycles. The predicted molar refractivity (Wildman–Crippen MR) is 112 cm³/mol. The quantitative estimate of drug-likeness (QED) is 0.686. The summed E-state index contributed by atoms with van der Waals surface area (Å²) in [5.74, 6) is 0.669. The lowest BCUT2D eigenvalue weighted by atomic mass is 9.94. The summed E-state index contributed by atoms with van der Waals surface area (Å²) in [5, 5.41) is 2.72. The molecule has 152 valence electrons. The highest BCUT2D eigenvalue weighted by atomic mass is 32.2. The van der Waals surface area contributed by atoms with Crippen molar-refractivity contribution in [3.05, 3.63) is 54.1 Å². The SMILES string of the molecule is C[C@@H]1C[C@H](C)CN(S(=O)(=O)c2ccc(C(=O)Nc3nc4ccccc4[nH]3)cc2)C1. The first-order valence-corrected chi connectivity index (χ1v) is 11.1. The monoisotopic (exact) mass is 412 g/mol. The van der Waals surface area contributed by atoms with Gasteiger partial charge in [0.05, 0.1) is 15.9 Å². The van der Waals surface area contributed by atoms with Gasteiger partial charge in [0.15, 0.2) is 0 Å². The summed E-state index contributed by atoms with van der Waals surface area (Å²) in [6.07, 6.45) is 1.03. The molecule has 4 rings (SSSR count). The van der Waals surface area contributed by atoms with E-state index in [1.165, 1.54) is 24.3 Å². The van der Waals surface area contributed by atoms with E-state index in [-0.39, 0.29) is 10.8 Å². The van der Waals surface area contributed by atoms with Crippen LogP contribution in [0.15, 0.2) is 53.4 Å². The molecule has 1 amide bonds. The summed E-state index contributed by atoms with van der Waals surface area (Å²) < 4.78 is 27.5. The first-order chi connectivity index (χ1) is 13.8. The minimum Gasteiger partial charge on any atom is -0.324 e. The van der Waals surface area contributed by atoms with Crippen molar-refractivity contribution in [3.63, 3.8) is 0 Å². The summed E-state index contributed by atoms with van der Waals surface area (Å²) in [5.41, 5.74) is 1.95. The van der Waals surface area contributed by atoms with Gasteiger partial charge in [0, 0.05) is 18.7 Å². The number of nitrogens with zero attached hydrogens (tertiary/aromatic N) is 2. The van der Waals surface area contributed by atoms with Gasteiger partial charge in [-0.3, -0.25) is 10.1 Å². The second-order valence-corrected chi connectivity index (χ2v) is 9.79. The minimum absolute atomic E-state index is 0.207. The standard InChI is InChI=1S/C21H24N4O3S/c1-14-11-15(2)13-25(12-14)29(27,28)17-9-7-16(8-10-17)20(26)24-21-22-18-5-3-4-6-19(18)23-21/h3-10,14-15H,11-13H2,1-2H3,(H2,22,23,24,26)/t14-,15+. The number of hydrogen-bond acceptors (Lipinski definition) is 4. The van der Waals surface area contributed by atoms with E-state index in [4.69, 9.17) is 0 Å². The van der Waals surface area contributed by atoms with Gasteiger partial charge in [-0.15, -0.1) is 0 Å². The number of nitrogens with one attached hydrogen (secondary N) is 2. The summed E-state index contributed by atoms with van der Waals surface area (Å²) in [7, 11) is -3.56. The number of fused-ring (bicyclic) bond motifs is 1. The van der Waals surface area contributed by atoms with Crippen LogP contribution in [0.1, 0.15) is 30.6 Å². The Bertz CT molecular complexity index is 1100. The van der Waals surface area contributed by atoms with Crippen LogP contribution in [-0.4, -0.2) is 41.7 Å². The lowest BCUT2D eigenvalue weighted by Crippen LogP contribution is -2.42. The number of anilines is 1.